The van der Waals surface area contributed by atoms with Crippen molar-refractivity contribution in [2.24, 2.45) is 0 Å². The molecule has 0 saturated carbocycles. The fourth-order valence-corrected chi connectivity index (χ4v) is 2.64. The van der Waals surface area contributed by atoms with Gasteiger partial charge in [0.15, 0.2) is 0 Å². The number of rotatable bonds is 3. The van der Waals surface area contributed by atoms with Crippen molar-refractivity contribution in [3.8, 4) is 17.3 Å². The Kier molecular flexibility index (Phi) is 3.22. The minimum atomic E-state index is 0.529. The van der Waals surface area contributed by atoms with Crippen molar-refractivity contribution in [2.75, 3.05) is 18.1 Å². The Balaban J connectivity index is 1.75. The van der Waals surface area contributed by atoms with Crippen LogP contribution in [-0.2, 0) is 0 Å². The van der Waals surface area contributed by atoms with E-state index in [1.54, 1.807) is 9.47 Å². The molecule has 0 unspecified atom stereocenters. The smallest absolute Gasteiger partial charge is 0.243 e. The summed E-state index contributed by atoms with van der Waals surface area (Å²) in [6.07, 6.45) is 3.53. The van der Waals surface area contributed by atoms with Crippen LogP contribution in [0.2, 0.25) is 0 Å². The molecule has 0 bridgehead atoms. The highest BCUT2D eigenvalue weighted by Gasteiger charge is 2.22. The molecule has 9 heteroatoms. The lowest BCUT2D eigenvalue weighted by atomic mass is 10.2. The lowest BCUT2D eigenvalue weighted by molar-refractivity contribution is 0.443. The number of piperidine rings is 1. The number of hydrogen-bond acceptors (Lipinski definition) is 7. The summed E-state index contributed by atoms with van der Waals surface area (Å²) in [5.74, 6) is 1.08. The van der Waals surface area contributed by atoms with Gasteiger partial charge in [-0.15, -0.1) is 15.0 Å². The molecule has 0 aliphatic carbocycles. The fourth-order valence-electron chi connectivity index (χ4n) is 2.64. The quantitative estimate of drug-likeness (QED) is 0.692. The topological polar surface area (TPSA) is 90.4 Å². The van der Waals surface area contributed by atoms with E-state index < -0.39 is 0 Å². The highest BCUT2D eigenvalue weighted by atomic mass is 15.8. The number of nitrogens with zero attached hydrogens (tertiary/aromatic N) is 9. The second-order valence-corrected chi connectivity index (χ2v) is 5.16. The minimum Gasteiger partial charge on any atom is -0.293 e. The molecule has 1 aliphatic rings. The van der Waals surface area contributed by atoms with E-state index in [9.17, 15) is 0 Å². The summed E-state index contributed by atoms with van der Waals surface area (Å²) in [4.78, 5) is 1.71. The maximum absolute atomic E-state index is 4.12. The van der Waals surface area contributed by atoms with Crippen LogP contribution in [0.4, 0.5) is 0 Å². The maximum atomic E-state index is 4.12. The molecule has 9 nitrogen and oxygen atoms in total. The molecule has 2 aromatic heterocycles. The Labute approximate surface area is 126 Å². The second-order valence-electron chi connectivity index (χ2n) is 5.16. The van der Waals surface area contributed by atoms with Crippen molar-refractivity contribution in [2.45, 2.75) is 19.3 Å². The van der Waals surface area contributed by atoms with E-state index in [-0.39, 0.29) is 0 Å². The summed E-state index contributed by atoms with van der Waals surface area (Å²) in [5, 5.41) is 26.1. The van der Waals surface area contributed by atoms with Gasteiger partial charge in [-0.25, -0.2) is 0 Å². The SMILES string of the molecule is c1ccc(-n2nnnc2-c2nnnn2N2CCCCC2)cc1. The van der Waals surface area contributed by atoms with E-state index in [4.69, 9.17) is 0 Å². The third kappa shape index (κ3) is 2.20. The van der Waals surface area contributed by atoms with E-state index in [0.717, 1.165) is 31.6 Å². The van der Waals surface area contributed by atoms with Crippen LogP contribution in [0.1, 0.15) is 19.3 Å². The number of aromatic nitrogens is 8. The fraction of sp³-hybridized carbons (Fsp3) is 0.385. The third-order valence-corrected chi connectivity index (χ3v) is 3.72. The average Bonchev–Trinajstić information content (AvgIpc) is 3.25. The van der Waals surface area contributed by atoms with Gasteiger partial charge in [-0.3, -0.25) is 5.01 Å². The molecule has 0 spiro atoms. The molecule has 1 saturated heterocycles. The Morgan fingerprint density at radius 1 is 0.773 bits per heavy atom. The molecular weight excluding hydrogens is 282 g/mol. The van der Waals surface area contributed by atoms with Crippen LogP contribution in [0.15, 0.2) is 30.3 Å². The highest BCUT2D eigenvalue weighted by Crippen LogP contribution is 2.18. The Morgan fingerprint density at radius 3 is 2.32 bits per heavy atom. The van der Waals surface area contributed by atoms with Gasteiger partial charge >= 0.3 is 0 Å². The summed E-state index contributed by atoms with van der Waals surface area (Å²) >= 11 is 0. The zero-order valence-corrected chi connectivity index (χ0v) is 11.9. The van der Waals surface area contributed by atoms with Crippen LogP contribution < -0.4 is 5.01 Å². The monoisotopic (exact) mass is 297 g/mol. The molecule has 0 N–H and O–H groups in total. The predicted octanol–water partition coefficient (Wildman–Crippen LogP) is 0.438. The van der Waals surface area contributed by atoms with Gasteiger partial charge in [-0.05, 0) is 52.2 Å². The molecule has 1 aliphatic heterocycles. The summed E-state index contributed by atoms with van der Waals surface area (Å²) in [7, 11) is 0. The first kappa shape index (κ1) is 12.9. The van der Waals surface area contributed by atoms with Crippen molar-refractivity contribution < 1.29 is 0 Å². The first-order valence-electron chi connectivity index (χ1n) is 7.31. The van der Waals surface area contributed by atoms with Crippen molar-refractivity contribution in [3.63, 3.8) is 0 Å². The molecule has 0 radical (unpaired) electrons. The van der Waals surface area contributed by atoms with Gasteiger partial charge < -0.3 is 0 Å². The number of para-hydroxylation sites is 1. The molecule has 0 amide bonds. The normalized spacial score (nSPS) is 15.2. The summed E-state index contributed by atoms with van der Waals surface area (Å²) in [5.41, 5.74) is 0.871. The molecule has 3 heterocycles. The molecule has 22 heavy (non-hydrogen) atoms. The van der Waals surface area contributed by atoms with Crippen LogP contribution >= 0.6 is 0 Å². The van der Waals surface area contributed by atoms with Crippen LogP contribution in [0, 0.1) is 0 Å². The number of benzene rings is 1. The first-order valence-corrected chi connectivity index (χ1v) is 7.31. The molecular formula is C13H15N9. The van der Waals surface area contributed by atoms with Gasteiger partial charge in [0.2, 0.25) is 11.6 Å². The lowest BCUT2D eigenvalue weighted by Crippen LogP contribution is -2.40. The van der Waals surface area contributed by atoms with Gasteiger partial charge in [0.05, 0.1) is 5.69 Å². The van der Waals surface area contributed by atoms with E-state index in [1.807, 2.05) is 30.3 Å². The van der Waals surface area contributed by atoms with Crippen molar-refractivity contribution in [1.82, 2.24) is 40.5 Å². The average molecular weight is 297 g/mol. The first-order chi connectivity index (χ1) is 10.9. The van der Waals surface area contributed by atoms with Crippen molar-refractivity contribution >= 4 is 0 Å². The molecule has 1 fully saturated rings. The van der Waals surface area contributed by atoms with Crippen LogP contribution in [0.3, 0.4) is 0 Å². The van der Waals surface area contributed by atoms with Crippen molar-refractivity contribution in [1.29, 1.82) is 0 Å². The largest absolute Gasteiger partial charge is 0.293 e. The van der Waals surface area contributed by atoms with Gasteiger partial charge in [0, 0.05) is 13.1 Å². The van der Waals surface area contributed by atoms with E-state index in [2.05, 4.69) is 36.1 Å². The Hall–Kier alpha value is -2.84. The Bertz CT molecular complexity index is 742. The van der Waals surface area contributed by atoms with Crippen LogP contribution in [0.25, 0.3) is 17.3 Å². The highest BCUT2D eigenvalue weighted by molar-refractivity contribution is 5.47. The van der Waals surface area contributed by atoms with Gasteiger partial charge in [-0.2, -0.15) is 4.68 Å². The van der Waals surface area contributed by atoms with Crippen LogP contribution in [-0.4, -0.2) is 53.6 Å². The molecule has 112 valence electrons. The van der Waals surface area contributed by atoms with E-state index in [0.29, 0.717) is 11.6 Å². The maximum Gasteiger partial charge on any atom is 0.243 e. The zero-order chi connectivity index (χ0) is 14.8. The second kappa shape index (κ2) is 5.51. The summed E-state index contributed by atoms with van der Waals surface area (Å²) in [6.45, 7) is 1.87. The third-order valence-electron chi connectivity index (χ3n) is 3.72. The summed E-state index contributed by atoms with van der Waals surface area (Å²) < 4.78 is 1.64. The van der Waals surface area contributed by atoms with Gasteiger partial charge in [-0.1, -0.05) is 18.2 Å². The standard InChI is InChI=1S/C13H15N9/c1-3-7-11(8-4-1)21-12(14-16-18-21)13-15-17-19-22(13)20-9-5-2-6-10-20/h1,3-4,7-8H,2,5-6,9-10H2. The molecule has 0 atom stereocenters. The number of tetrazole rings is 2. The van der Waals surface area contributed by atoms with E-state index in [1.165, 1.54) is 6.42 Å². The number of hydrogen-bond donors (Lipinski definition) is 0. The summed E-state index contributed by atoms with van der Waals surface area (Å²) in [6, 6.07) is 9.71. The van der Waals surface area contributed by atoms with E-state index >= 15 is 0 Å². The molecule has 3 aromatic rings. The molecule has 1 aromatic carbocycles. The minimum absolute atomic E-state index is 0.529. The van der Waals surface area contributed by atoms with Crippen LogP contribution in [0.5, 0.6) is 0 Å². The van der Waals surface area contributed by atoms with Gasteiger partial charge in [0.25, 0.3) is 0 Å². The van der Waals surface area contributed by atoms with Gasteiger partial charge in [0.1, 0.15) is 0 Å². The zero-order valence-electron chi connectivity index (χ0n) is 11.9. The Morgan fingerprint density at radius 2 is 1.50 bits per heavy atom. The van der Waals surface area contributed by atoms with Crippen molar-refractivity contribution in [3.05, 3.63) is 30.3 Å². The predicted molar refractivity (Wildman–Crippen MR) is 77.8 cm³/mol. The lowest BCUT2D eigenvalue weighted by Gasteiger charge is -2.27. The molecule has 4 rings (SSSR count).